The number of hydrogen-bond acceptors (Lipinski definition) is 2. The molecule has 0 amide bonds. The quantitative estimate of drug-likeness (QED) is 0.781. The molecule has 1 aromatic carbocycles. The molecule has 3 rings (SSSR count). The fourth-order valence-corrected chi connectivity index (χ4v) is 2.29. The van der Waals surface area contributed by atoms with Crippen molar-refractivity contribution in [2.45, 2.75) is 13.5 Å². The van der Waals surface area contributed by atoms with Gasteiger partial charge < -0.3 is 14.1 Å². The van der Waals surface area contributed by atoms with Crippen molar-refractivity contribution in [2.75, 3.05) is 0 Å². The normalized spacial score (nSPS) is 11.0. The lowest BCUT2D eigenvalue weighted by Crippen LogP contribution is -1.97. The van der Waals surface area contributed by atoms with Gasteiger partial charge in [0.15, 0.2) is 0 Å². The second kappa shape index (κ2) is 4.31. The number of furan rings is 1. The molecule has 19 heavy (non-hydrogen) atoms. The number of carbonyl (C=O) groups is 1. The number of aromatic carboxylic acids is 1. The van der Waals surface area contributed by atoms with E-state index in [2.05, 4.69) is 0 Å². The number of rotatable bonds is 3. The van der Waals surface area contributed by atoms with Crippen molar-refractivity contribution >= 4 is 16.9 Å². The molecule has 0 bridgehead atoms. The summed E-state index contributed by atoms with van der Waals surface area (Å²) in [5.74, 6) is 0.755. The zero-order valence-corrected chi connectivity index (χ0v) is 10.5. The molecule has 0 spiro atoms. The summed E-state index contributed by atoms with van der Waals surface area (Å²) < 4.78 is 7.44. The Labute approximate surface area is 109 Å². The van der Waals surface area contributed by atoms with Crippen molar-refractivity contribution in [3.8, 4) is 0 Å². The van der Waals surface area contributed by atoms with E-state index in [1.165, 1.54) is 0 Å². The molecular weight excluding hydrogens is 242 g/mol. The van der Waals surface area contributed by atoms with Crippen LogP contribution >= 0.6 is 0 Å². The van der Waals surface area contributed by atoms with E-state index in [1.807, 2.05) is 47.9 Å². The van der Waals surface area contributed by atoms with Gasteiger partial charge in [0.25, 0.3) is 0 Å². The maximum Gasteiger partial charge on any atom is 0.337 e. The molecule has 0 unspecified atom stereocenters. The van der Waals surface area contributed by atoms with E-state index in [9.17, 15) is 9.90 Å². The van der Waals surface area contributed by atoms with Gasteiger partial charge in [-0.3, -0.25) is 0 Å². The zero-order chi connectivity index (χ0) is 13.4. The molecule has 0 atom stereocenters. The molecule has 0 aliphatic heterocycles. The minimum absolute atomic E-state index is 0.318. The monoisotopic (exact) mass is 255 g/mol. The number of carboxylic acids is 1. The summed E-state index contributed by atoms with van der Waals surface area (Å²) in [7, 11) is 0. The predicted molar refractivity (Wildman–Crippen MR) is 71.4 cm³/mol. The van der Waals surface area contributed by atoms with Crippen molar-refractivity contribution < 1.29 is 14.3 Å². The second-order valence-electron chi connectivity index (χ2n) is 4.51. The molecule has 96 valence electrons. The van der Waals surface area contributed by atoms with E-state index >= 15 is 0 Å². The van der Waals surface area contributed by atoms with Crippen molar-refractivity contribution in [3.05, 3.63) is 59.7 Å². The van der Waals surface area contributed by atoms with Gasteiger partial charge >= 0.3 is 5.97 Å². The molecule has 0 aliphatic carbocycles. The highest BCUT2D eigenvalue weighted by Gasteiger charge is 2.14. The third kappa shape index (κ3) is 2.01. The summed E-state index contributed by atoms with van der Waals surface area (Å²) in [6.45, 7) is 2.42. The Morgan fingerprint density at radius 2 is 2.05 bits per heavy atom. The molecule has 0 saturated heterocycles. The summed E-state index contributed by atoms with van der Waals surface area (Å²) in [5, 5.41) is 9.98. The van der Waals surface area contributed by atoms with Crippen LogP contribution in [0.4, 0.5) is 0 Å². The number of aromatic nitrogens is 1. The Morgan fingerprint density at radius 1 is 1.26 bits per heavy atom. The summed E-state index contributed by atoms with van der Waals surface area (Å²) in [5.41, 5.74) is 1.22. The molecule has 4 nitrogen and oxygen atoms in total. The van der Waals surface area contributed by atoms with Gasteiger partial charge in [0, 0.05) is 17.1 Å². The van der Waals surface area contributed by atoms with Gasteiger partial charge in [-0.15, -0.1) is 0 Å². The standard InChI is InChI=1S/C15H13NO3/c1-10-6-7-11(19-10)8-16-9-13(15(17)18)12-4-2-3-5-14(12)16/h2-7,9H,8H2,1H3,(H,17,18). The van der Waals surface area contributed by atoms with Gasteiger partial charge in [-0.2, -0.15) is 0 Å². The number of nitrogens with zero attached hydrogens (tertiary/aromatic N) is 1. The third-order valence-electron chi connectivity index (χ3n) is 3.14. The summed E-state index contributed by atoms with van der Waals surface area (Å²) in [6, 6.07) is 11.3. The molecule has 0 fully saturated rings. The SMILES string of the molecule is Cc1ccc(Cn2cc(C(=O)O)c3ccccc32)o1. The Morgan fingerprint density at radius 3 is 2.74 bits per heavy atom. The summed E-state index contributed by atoms with van der Waals surface area (Å²) in [6.07, 6.45) is 1.66. The molecule has 0 radical (unpaired) electrons. The lowest BCUT2D eigenvalue weighted by Gasteiger charge is -2.02. The molecule has 2 aromatic heterocycles. The van der Waals surface area contributed by atoms with Crippen LogP contribution in [0.15, 0.2) is 47.0 Å². The van der Waals surface area contributed by atoms with E-state index in [-0.39, 0.29) is 0 Å². The Balaban J connectivity index is 2.11. The first-order chi connectivity index (χ1) is 9.15. The van der Waals surface area contributed by atoms with Crippen LogP contribution in [-0.2, 0) is 6.54 Å². The minimum Gasteiger partial charge on any atom is -0.478 e. The van der Waals surface area contributed by atoms with Crippen LogP contribution in [0.1, 0.15) is 21.9 Å². The molecule has 1 N–H and O–H groups in total. The van der Waals surface area contributed by atoms with Crippen LogP contribution in [0, 0.1) is 6.92 Å². The number of fused-ring (bicyclic) bond motifs is 1. The maximum absolute atomic E-state index is 11.2. The minimum atomic E-state index is -0.912. The highest BCUT2D eigenvalue weighted by molar-refractivity contribution is 6.03. The van der Waals surface area contributed by atoms with E-state index in [0.717, 1.165) is 22.4 Å². The molecule has 2 heterocycles. The number of aryl methyl sites for hydroxylation is 1. The first kappa shape index (κ1) is 11.6. The highest BCUT2D eigenvalue weighted by Crippen LogP contribution is 2.22. The number of hydrogen-bond donors (Lipinski definition) is 1. The van der Waals surface area contributed by atoms with Crippen molar-refractivity contribution in [2.24, 2.45) is 0 Å². The molecule has 0 aliphatic rings. The van der Waals surface area contributed by atoms with Crippen LogP contribution in [0.2, 0.25) is 0 Å². The van der Waals surface area contributed by atoms with Gasteiger partial charge in [-0.05, 0) is 25.1 Å². The van der Waals surface area contributed by atoms with Crippen LogP contribution in [-0.4, -0.2) is 15.6 Å². The molecule has 3 aromatic rings. The Bertz CT molecular complexity index is 752. The van der Waals surface area contributed by atoms with E-state index in [1.54, 1.807) is 6.20 Å². The molecule has 4 heteroatoms. The Hall–Kier alpha value is -2.49. The second-order valence-corrected chi connectivity index (χ2v) is 4.51. The smallest absolute Gasteiger partial charge is 0.337 e. The fraction of sp³-hybridized carbons (Fsp3) is 0.133. The van der Waals surface area contributed by atoms with Crippen LogP contribution in [0.25, 0.3) is 10.9 Å². The van der Waals surface area contributed by atoms with E-state index in [4.69, 9.17) is 4.42 Å². The lowest BCUT2D eigenvalue weighted by atomic mass is 10.2. The van der Waals surface area contributed by atoms with Crippen LogP contribution in [0.5, 0.6) is 0 Å². The van der Waals surface area contributed by atoms with Gasteiger partial charge in [-0.25, -0.2) is 4.79 Å². The number of para-hydroxylation sites is 1. The maximum atomic E-state index is 11.2. The number of carboxylic acid groups (broad SMARTS) is 1. The van der Waals surface area contributed by atoms with E-state index < -0.39 is 5.97 Å². The predicted octanol–water partition coefficient (Wildman–Crippen LogP) is 3.29. The van der Waals surface area contributed by atoms with Gasteiger partial charge in [0.2, 0.25) is 0 Å². The average Bonchev–Trinajstić information content (AvgIpc) is 2.95. The van der Waals surface area contributed by atoms with Gasteiger partial charge in [-0.1, -0.05) is 18.2 Å². The average molecular weight is 255 g/mol. The molecular formula is C15H13NO3. The van der Waals surface area contributed by atoms with Crippen molar-refractivity contribution in [3.63, 3.8) is 0 Å². The van der Waals surface area contributed by atoms with Crippen molar-refractivity contribution in [1.82, 2.24) is 4.57 Å². The van der Waals surface area contributed by atoms with Crippen molar-refractivity contribution in [1.29, 1.82) is 0 Å². The van der Waals surface area contributed by atoms with Crippen LogP contribution in [0.3, 0.4) is 0 Å². The lowest BCUT2D eigenvalue weighted by molar-refractivity contribution is 0.0698. The number of benzene rings is 1. The Kier molecular flexibility index (Phi) is 2.63. The largest absolute Gasteiger partial charge is 0.478 e. The van der Waals surface area contributed by atoms with Gasteiger partial charge in [0.1, 0.15) is 11.5 Å². The topological polar surface area (TPSA) is 55.4 Å². The zero-order valence-electron chi connectivity index (χ0n) is 10.5. The summed E-state index contributed by atoms with van der Waals surface area (Å²) in [4.78, 5) is 11.2. The van der Waals surface area contributed by atoms with Gasteiger partial charge in [0.05, 0.1) is 12.1 Å². The summed E-state index contributed by atoms with van der Waals surface area (Å²) >= 11 is 0. The highest BCUT2D eigenvalue weighted by atomic mass is 16.4. The fourth-order valence-electron chi connectivity index (χ4n) is 2.29. The van der Waals surface area contributed by atoms with Crippen LogP contribution < -0.4 is 0 Å². The molecule has 0 saturated carbocycles. The van der Waals surface area contributed by atoms with E-state index in [0.29, 0.717) is 12.1 Å². The third-order valence-corrected chi connectivity index (χ3v) is 3.14. The first-order valence-electron chi connectivity index (χ1n) is 6.01. The first-order valence-corrected chi connectivity index (χ1v) is 6.01.